The zero-order valence-electron chi connectivity index (χ0n) is 10.5. The topological polar surface area (TPSA) is 77.8 Å². The van der Waals surface area contributed by atoms with E-state index in [-0.39, 0.29) is 0 Å². The van der Waals surface area contributed by atoms with Gasteiger partial charge in [0.25, 0.3) is 5.89 Å². The molecule has 0 spiro atoms. The Kier molecular flexibility index (Phi) is 3.35. The van der Waals surface area contributed by atoms with E-state index >= 15 is 0 Å². The summed E-state index contributed by atoms with van der Waals surface area (Å²) in [7, 11) is 0. The summed E-state index contributed by atoms with van der Waals surface area (Å²) in [5.41, 5.74) is 7.79. The van der Waals surface area contributed by atoms with E-state index in [0.717, 1.165) is 5.69 Å². The van der Waals surface area contributed by atoms with E-state index in [0.29, 0.717) is 34.4 Å². The fourth-order valence-corrected chi connectivity index (χ4v) is 2.07. The normalized spacial score (nSPS) is 10.7. The Bertz CT molecular complexity index is 727. The lowest BCUT2D eigenvalue weighted by molar-refractivity contribution is 0.423. The first-order valence-corrected chi connectivity index (χ1v) is 6.38. The third-order valence-corrected chi connectivity index (χ3v) is 3.07. The number of halogens is 1. The van der Waals surface area contributed by atoms with Gasteiger partial charge in [-0.1, -0.05) is 22.8 Å². The van der Waals surface area contributed by atoms with Crippen molar-refractivity contribution in [3.63, 3.8) is 0 Å². The number of anilines is 1. The summed E-state index contributed by atoms with van der Waals surface area (Å²) in [6.45, 7) is 0. The average Bonchev–Trinajstić information content (AvgIpc) is 2.88. The van der Waals surface area contributed by atoms with Crippen LogP contribution in [0.5, 0.6) is 0 Å². The largest absolute Gasteiger partial charge is 0.399 e. The molecule has 0 saturated carbocycles. The Hall–Kier alpha value is -2.40. The molecule has 6 heteroatoms. The molecular formula is C14H11ClN4O. The van der Waals surface area contributed by atoms with Crippen LogP contribution in [0.2, 0.25) is 5.02 Å². The summed E-state index contributed by atoms with van der Waals surface area (Å²) in [4.78, 5) is 8.54. The van der Waals surface area contributed by atoms with Crippen LogP contribution in [0, 0.1) is 0 Å². The molecule has 2 N–H and O–H groups in total. The number of hydrogen-bond acceptors (Lipinski definition) is 5. The molecule has 0 bridgehead atoms. The summed E-state index contributed by atoms with van der Waals surface area (Å²) < 4.78 is 5.23. The van der Waals surface area contributed by atoms with E-state index in [1.54, 1.807) is 24.4 Å². The van der Waals surface area contributed by atoms with Crippen molar-refractivity contribution in [3.05, 3.63) is 59.1 Å². The molecule has 2 heterocycles. The van der Waals surface area contributed by atoms with Crippen molar-refractivity contribution in [2.45, 2.75) is 6.42 Å². The molecule has 0 amide bonds. The Morgan fingerprint density at radius 1 is 1.20 bits per heavy atom. The number of rotatable bonds is 3. The van der Waals surface area contributed by atoms with E-state index < -0.39 is 0 Å². The second kappa shape index (κ2) is 5.30. The maximum Gasteiger partial charge on any atom is 0.259 e. The second-order valence-electron chi connectivity index (χ2n) is 4.25. The van der Waals surface area contributed by atoms with E-state index in [1.807, 2.05) is 18.2 Å². The first kappa shape index (κ1) is 12.6. The van der Waals surface area contributed by atoms with Gasteiger partial charge in [0, 0.05) is 17.6 Å². The van der Waals surface area contributed by atoms with Crippen molar-refractivity contribution in [2.24, 2.45) is 0 Å². The molecule has 5 nitrogen and oxygen atoms in total. The molecule has 100 valence electrons. The quantitative estimate of drug-likeness (QED) is 0.749. The van der Waals surface area contributed by atoms with Gasteiger partial charge in [-0.2, -0.15) is 4.98 Å². The Labute approximate surface area is 120 Å². The minimum absolute atomic E-state index is 0.376. The van der Waals surface area contributed by atoms with Crippen LogP contribution >= 0.6 is 11.6 Å². The number of nitrogen functional groups attached to an aromatic ring is 1. The second-order valence-corrected chi connectivity index (χ2v) is 4.66. The molecule has 0 fully saturated rings. The monoisotopic (exact) mass is 286 g/mol. The van der Waals surface area contributed by atoms with Gasteiger partial charge in [0.1, 0.15) is 0 Å². The highest BCUT2D eigenvalue weighted by molar-refractivity contribution is 6.33. The van der Waals surface area contributed by atoms with Crippen LogP contribution in [0.1, 0.15) is 11.5 Å². The summed E-state index contributed by atoms with van der Waals surface area (Å²) in [5.74, 6) is 0.938. The van der Waals surface area contributed by atoms with Crippen molar-refractivity contribution in [3.8, 4) is 11.5 Å². The van der Waals surface area contributed by atoms with Crippen molar-refractivity contribution >= 4 is 17.3 Å². The molecule has 0 aliphatic carbocycles. The van der Waals surface area contributed by atoms with E-state index in [4.69, 9.17) is 21.9 Å². The molecule has 2 aromatic heterocycles. The lowest BCUT2D eigenvalue weighted by Crippen LogP contribution is -1.93. The highest BCUT2D eigenvalue weighted by Gasteiger charge is 2.13. The Balaban J connectivity index is 1.87. The van der Waals surface area contributed by atoms with Crippen LogP contribution in [-0.4, -0.2) is 15.1 Å². The first-order valence-electron chi connectivity index (χ1n) is 6.00. The van der Waals surface area contributed by atoms with Crippen molar-refractivity contribution < 1.29 is 4.52 Å². The molecule has 0 aliphatic heterocycles. The predicted octanol–water partition coefficient (Wildman–Crippen LogP) is 2.96. The van der Waals surface area contributed by atoms with Gasteiger partial charge in [0.2, 0.25) is 0 Å². The maximum atomic E-state index is 6.11. The summed E-state index contributed by atoms with van der Waals surface area (Å²) in [5, 5.41) is 4.42. The van der Waals surface area contributed by atoms with Crippen molar-refractivity contribution in [1.29, 1.82) is 0 Å². The number of benzene rings is 1. The van der Waals surface area contributed by atoms with Crippen LogP contribution in [0.15, 0.2) is 47.1 Å². The van der Waals surface area contributed by atoms with Gasteiger partial charge in [-0.15, -0.1) is 0 Å². The highest BCUT2D eigenvalue weighted by Crippen LogP contribution is 2.28. The Morgan fingerprint density at radius 2 is 2.10 bits per heavy atom. The standard InChI is InChI=1S/C14H11ClN4O/c15-12-7-9(16)4-5-11(12)14-18-13(19-20-14)8-10-3-1-2-6-17-10/h1-7H,8,16H2. The van der Waals surface area contributed by atoms with E-state index in [2.05, 4.69) is 15.1 Å². The molecule has 3 aromatic rings. The maximum absolute atomic E-state index is 6.11. The van der Waals surface area contributed by atoms with Crippen molar-refractivity contribution in [2.75, 3.05) is 5.73 Å². The molecule has 3 rings (SSSR count). The van der Waals surface area contributed by atoms with Gasteiger partial charge < -0.3 is 10.3 Å². The van der Waals surface area contributed by atoms with Gasteiger partial charge in [-0.3, -0.25) is 4.98 Å². The van der Waals surface area contributed by atoms with Crippen molar-refractivity contribution in [1.82, 2.24) is 15.1 Å². The van der Waals surface area contributed by atoms with Crippen LogP contribution in [-0.2, 0) is 6.42 Å². The lowest BCUT2D eigenvalue weighted by Gasteiger charge is -1.99. The number of nitrogens with two attached hydrogens (primary N) is 1. The first-order chi connectivity index (χ1) is 9.72. The van der Waals surface area contributed by atoms with Gasteiger partial charge in [0.05, 0.1) is 17.0 Å². The number of nitrogens with zero attached hydrogens (tertiary/aromatic N) is 3. The number of pyridine rings is 1. The van der Waals surface area contributed by atoms with Gasteiger partial charge >= 0.3 is 0 Å². The zero-order valence-corrected chi connectivity index (χ0v) is 11.2. The predicted molar refractivity (Wildman–Crippen MR) is 76.2 cm³/mol. The molecule has 0 radical (unpaired) electrons. The fourth-order valence-electron chi connectivity index (χ4n) is 1.80. The minimum Gasteiger partial charge on any atom is -0.399 e. The molecule has 0 aliphatic rings. The SMILES string of the molecule is Nc1ccc(-c2nc(Cc3ccccn3)no2)c(Cl)c1. The minimum atomic E-state index is 0.376. The van der Waals surface area contributed by atoms with E-state index in [9.17, 15) is 0 Å². The molecule has 0 saturated heterocycles. The van der Waals surface area contributed by atoms with Crippen LogP contribution < -0.4 is 5.73 Å². The third-order valence-electron chi connectivity index (χ3n) is 2.76. The fraction of sp³-hybridized carbons (Fsp3) is 0.0714. The summed E-state index contributed by atoms with van der Waals surface area (Å²) >= 11 is 6.11. The van der Waals surface area contributed by atoms with Gasteiger partial charge in [-0.25, -0.2) is 0 Å². The van der Waals surface area contributed by atoms with Gasteiger partial charge in [0.15, 0.2) is 5.82 Å². The van der Waals surface area contributed by atoms with Crippen LogP contribution in [0.25, 0.3) is 11.5 Å². The average molecular weight is 287 g/mol. The van der Waals surface area contributed by atoms with Crippen LogP contribution in [0.4, 0.5) is 5.69 Å². The lowest BCUT2D eigenvalue weighted by atomic mass is 10.2. The third kappa shape index (κ3) is 2.62. The molecular weight excluding hydrogens is 276 g/mol. The van der Waals surface area contributed by atoms with Gasteiger partial charge in [-0.05, 0) is 30.3 Å². The smallest absolute Gasteiger partial charge is 0.259 e. The zero-order chi connectivity index (χ0) is 13.9. The van der Waals surface area contributed by atoms with E-state index in [1.165, 1.54) is 0 Å². The highest BCUT2D eigenvalue weighted by atomic mass is 35.5. The van der Waals surface area contributed by atoms with Crippen LogP contribution in [0.3, 0.4) is 0 Å². The molecule has 20 heavy (non-hydrogen) atoms. The molecule has 0 atom stereocenters. The summed E-state index contributed by atoms with van der Waals surface area (Å²) in [6, 6.07) is 10.8. The number of hydrogen-bond donors (Lipinski definition) is 1. The number of aromatic nitrogens is 3. The summed E-state index contributed by atoms with van der Waals surface area (Å²) in [6.07, 6.45) is 2.24. The molecule has 1 aromatic carbocycles. The molecule has 0 unspecified atom stereocenters. The Morgan fingerprint density at radius 3 is 2.85 bits per heavy atom.